The standard InChI is InChI=1S/C11H16BrN3O3S2.ClH/c12-9-1-2-11(19-9)20(17,18)15-7-5-14(6-8-15)10(16)3-4-13;/h1-2H,3-8,13H2;1H. The van der Waals surface area contributed by atoms with Crippen LogP contribution in [0.5, 0.6) is 0 Å². The van der Waals surface area contributed by atoms with E-state index < -0.39 is 10.0 Å². The van der Waals surface area contributed by atoms with E-state index in [0.29, 0.717) is 43.4 Å². The summed E-state index contributed by atoms with van der Waals surface area (Å²) in [7, 11) is -3.44. The normalized spacial score (nSPS) is 16.6. The first-order valence-electron chi connectivity index (χ1n) is 6.18. The van der Waals surface area contributed by atoms with E-state index in [1.165, 1.54) is 15.6 Å². The van der Waals surface area contributed by atoms with Gasteiger partial charge in [0.15, 0.2) is 0 Å². The number of nitrogens with two attached hydrogens (primary N) is 1. The Balaban J connectivity index is 0.00000220. The van der Waals surface area contributed by atoms with Crippen LogP contribution in [0.15, 0.2) is 20.1 Å². The zero-order valence-corrected chi connectivity index (χ0v) is 15.2. The Hall–Kier alpha value is -0.190. The van der Waals surface area contributed by atoms with E-state index in [9.17, 15) is 13.2 Å². The smallest absolute Gasteiger partial charge is 0.252 e. The molecular formula is C11H17BrClN3O3S2. The topological polar surface area (TPSA) is 83.7 Å². The van der Waals surface area contributed by atoms with Crippen LogP contribution >= 0.6 is 39.7 Å². The second kappa shape index (κ2) is 7.89. The van der Waals surface area contributed by atoms with E-state index >= 15 is 0 Å². The first-order chi connectivity index (χ1) is 9.45. The van der Waals surface area contributed by atoms with Crippen molar-refractivity contribution in [2.45, 2.75) is 10.6 Å². The Morgan fingerprint density at radius 2 is 1.90 bits per heavy atom. The maximum absolute atomic E-state index is 12.4. The second-order valence-corrected chi connectivity index (χ2v) is 9.01. The van der Waals surface area contributed by atoms with E-state index in [-0.39, 0.29) is 18.3 Å². The predicted molar refractivity (Wildman–Crippen MR) is 88.3 cm³/mol. The predicted octanol–water partition coefficient (Wildman–Crippen LogP) is 1.11. The van der Waals surface area contributed by atoms with Gasteiger partial charge in [0.05, 0.1) is 3.79 Å². The van der Waals surface area contributed by atoms with Crippen molar-refractivity contribution in [1.29, 1.82) is 0 Å². The summed E-state index contributed by atoms with van der Waals surface area (Å²) >= 11 is 4.46. The molecular weight excluding hydrogens is 402 g/mol. The van der Waals surface area contributed by atoms with Gasteiger partial charge in [-0.3, -0.25) is 4.79 Å². The highest BCUT2D eigenvalue weighted by molar-refractivity contribution is 9.11. The van der Waals surface area contributed by atoms with Crippen LogP contribution in [0.4, 0.5) is 0 Å². The number of rotatable bonds is 4. The maximum atomic E-state index is 12.4. The minimum absolute atomic E-state index is 0. The van der Waals surface area contributed by atoms with E-state index in [2.05, 4.69) is 15.9 Å². The van der Waals surface area contributed by atoms with E-state index in [1.54, 1.807) is 17.0 Å². The second-order valence-electron chi connectivity index (χ2n) is 4.38. The van der Waals surface area contributed by atoms with E-state index in [4.69, 9.17) is 5.73 Å². The summed E-state index contributed by atoms with van der Waals surface area (Å²) in [5.74, 6) is -0.0107. The van der Waals surface area contributed by atoms with Gasteiger partial charge in [-0.1, -0.05) is 0 Å². The molecule has 0 saturated carbocycles. The SMILES string of the molecule is Cl.NCCC(=O)N1CCN(S(=O)(=O)c2ccc(Br)s2)CC1. The van der Waals surface area contributed by atoms with Crippen LogP contribution in [0.2, 0.25) is 0 Å². The molecule has 2 heterocycles. The number of carbonyl (C=O) groups excluding carboxylic acids is 1. The molecule has 0 radical (unpaired) electrons. The Kier molecular flexibility index (Phi) is 7.08. The number of sulfonamides is 1. The number of thiophene rings is 1. The van der Waals surface area contributed by atoms with Gasteiger partial charge in [-0.15, -0.1) is 23.7 Å². The molecule has 21 heavy (non-hydrogen) atoms. The fraction of sp³-hybridized carbons (Fsp3) is 0.545. The highest BCUT2D eigenvalue weighted by Crippen LogP contribution is 2.28. The van der Waals surface area contributed by atoms with Crippen molar-refractivity contribution in [3.8, 4) is 0 Å². The number of hydrogen-bond donors (Lipinski definition) is 1. The third kappa shape index (κ3) is 4.40. The molecule has 2 rings (SSSR count). The minimum Gasteiger partial charge on any atom is -0.340 e. The van der Waals surface area contributed by atoms with Crippen molar-refractivity contribution in [3.05, 3.63) is 15.9 Å². The van der Waals surface area contributed by atoms with E-state index in [0.717, 1.165) is 3.79 Å². The van der Waals surface area contributed by atoms with Gasteiger partial charge < -0.3 is 10.6 Å². The molecule has 0 atom stereocenters. The van der Waals surface area contributed by atoms with Crippen LogP contribution < -0.4 is 5.73 Å². The lowest BCUT2D eigenvalue weighted by Crippen LogP contribution is -2.50. The molecule has 10 heteroatoms. The minimum atomic E-state index is -3.44. The molecule has 1 aromatic heterocycles. The zero-order valence-electron chi connectivity index (χ0n) is 11.2. The monoisotopic (exact) mass is 417 g/mol. The van der Waals surface area contributed by atoms with Crippen molar-refractivity contribution in [1.82, 2.24) is 9.21 Å². The quantitative estimate of drug-likeness (QED) is 0.794. The molecule has 1 amide bonds. The first-order valence-corrected chi connectivity index (χ1v) is 9.23. The van der Waals surface area contributed by atoms with Gasteiger partial charge in [0.1, 0.15) is 4.21 Å². The molecule has 1 aliphatic heterocycles. The molecule has 120 valence electrons. The number of piperazine rings is 1. The van der Waals surface area contributed by atoms with Gasteiger partial charge in [-0.2, -0.15) is 4.31 Å². The summed E-state index contributed by atoms with van der Waals surface area (Å²) in [5, 5.41) is 0. The summed E-state index contributed by atoms with van der Waals surface area (Å²) in [4.78, 5) is 13.4. The number of hydrogen-bond acceptors (Lipinski definition) is 5. The summed E-state index contributed by atoms with van der Waals surface area (Å²) in [6.07, 6.45) is 0.310. The van der Waals surface area contributed by atoms with Crippen LogP contribution in [-0.4, -0.2) is 56.3 Å². The summed E-state index contributed by atoms with van der Waals surface area (Å²) in [5.41, 5.74) is 5.35. The van der Waals surface area contributed by atoms with Gasteiger partial charge in [-0.25, -0.2) is 8.42 Å². The Morgan fingerprint density at radius 3 is 2.38 bits per heavy atom. The molecule has 1 fully saturated rings. The van der Waals surface area contributed by atoms with E-state index in [1.807, 2.05) is 0 Å². The molecule has 1 aromatic rings. The lowest BCUT2D eigenvalue weighted by molar-refractivity contribution is -0.132. The van der Waals surface area contributed by atoms with Crippen molar-refractivity contribution in [2.75, 3.05) is 32.7 Å². The fourth-order valence-corrected chi connectivity index (χ4v) is 5.61. The van der Waals surface area contributed by atoms with Crippen LogP contribution in [0.1, 0.15) is 6.42 Å². The highest BCUT2D eigenvalue weighted by atomic mass is 79.9. The molecule has 0 unspecified atom stereocenters. The number of halogens is 2. The summed E-state index contributed by atoms with van der Waals surface area (Å²) < 4.78 is 27.3. The molecule has 0 aromatic carbocycles. The van der Waals surface area contributed by atoms with Crippen LogP contribution in [0.3, 0.4) is 0 Å². The van der Waals surface area contributed by atoms with Gasteiger partial charge in [0.25, 0.3) is 10.0 Å². The molecule has 0 aliphatic carbocycles. The Labute approximate surface area is 142 Å². The van der Waals surface area contributed by atoms with Crippen molar-refractivity contribution < 1.29 is 13.2 Å². The third-order valence-electron chi connectivity index (χ3n) is 3.09. The average Bonchev–Trinajstić information content (AvgIpc) is 2.86. The maximum Gasteiger partial charge on any atom is 0.252 e. The Bertz CT molecular complexity index is 585. The summed E-state index contributed by atoms with van der Waals surface area (Å²) in [6.45, 7) is 1.82. The first kappa shape index (κ1) is 18.9. The van der Waals surface area contributed by atoms with Crippen LogP contribution in [0, 0.1) is 0 Å². The van der Waals surface area contributed by atoms with Crippen molar-refractivity contribution in [3.63, 3.8) is 0 Å². The molecule has 1 saturated heterocycles. The Morgan fingerprint density at radius 1 is 1.29 bits per heavy atom. The number of carbonyl (C=O) groups is 1. The van der Waals surface area contributed by atoms with Crippen molar-refractivity contribution >= 4 is 55.6 Å². The number of amides is 1. The van der Waals surface area contributed by atoms with Gasteiger partial charge in [-0.05, 0) is 28.1 Å². The zero-order chi connectivity index (χ0) is 14.8. The van der Waals surface area contributed by atoms with Crippen molar-refractivity contribution in [2.24, 2.45) is 5.73 Å². The van der Waals surface area contributed by atoms with Gasteiger partial charge >= 0.3 is 0 Å². The van der Waals surface area contributed by atoms with Crippen LogP contribution in [0.25, 0.3) is 0 Å². The van der Waals surface area contributed by atoms with Gasteiger partial charge in [0, 0.05) is 39.1 Å². The van der Waals surface area contributed by atoms with Gasteiger partial charge in [0.2, 0.25) is 5.91 Å². The molecule has 1 aliphatic rings. The molecule has 6 nitrogen and oxygen atoms in total. The lowest BCUT2D eigenvalue weighted by atomic mass is 10.3. The third-order valence-corrected chi connectivity index (χ3v) is 7.08. The number of nitrogens with zero attached hydrogens (tertiary/aromatic N) is 2. The van der Waals surface area contributed by atoms with Crippen LogP contribution in [-0.2, 0) is 14.8 Å². The highest BCUT2D eigenvalue weighted by Gasteiger charge is 2.30. The fourth-order valence-electron chi connectivity index (χ4n) is 2.02. The molecule has 0 spiro atoms. The summed E-state index contributed by atoms with van der Waals surface area (Å²) in [6, 6.07) is 3.31. The average molecular weight is 419 g/mol. The largest absolute Gasteiger partial charge is 0.340 e. The molecule has 2 N–H and O–H groups in total. The molecule has 0 bridgehead atoms. The lowest BCUT2D eigenvalue weighted by Gasteiger charge is -2.33.